The molecule has 0 radical (unpaired) electrons. The number of hydrogen-bond donors (Lipinski definition) is 2. The molecule has 0 bridgehead atoms. The molecular formula is C26H22N8O2. The first-order valence-corrected chi connectivity index (χ1v) is 11.5. The predicted octanol–water partition coefficient (Wildman–Crippen LogP) is 3.60. The Morgan fingerprint density at radius 2 is 1.83 bits per heavy atom. The highest BCUT2D eigenvalue weighted by molar-refractivity contribution is 6.05. The van der Waals surface area contributed by atoms with Crippen molar-refractivity contribution in [3.05, 3.63) is 89.6 Å². The molecule has 5 aromatic rings. The Morgan fingerprint density at radius 1 is 1.06 bits per heavy atom. The Labute approximate surface area is 206 Å². The molecule has 2 N–H and O–H groups in total. The van der Waals surface area contributed by atoms with E-state index in [0.29, 0.717) is 28.4 Å². The average molecular weight is 479 g/mol. The van der Waals surface area contributed by atoms with Crippen LogP contribution in [0.15, 0.2) is 67.3 Å². The summed E-state index contributed by atoms with van der Waals surface area (Å²) in [5.41, 5.74) is 5.17. The number of carbonyl (C=O) groups excluding carboxylic acids is 2. The van der Waals surface area contributed by atoms with Gasteiger partial charge in [-0.15, -0.1) is 0 Å². The minimum atomic E-state index is -0.211. The fraction of sp³-hybridized carbons (Fsp3) is 0.154. The summed E-state index contributed by atoms with van der Waals surface area (Å²) in [5, 5.41) is 7.68. The van der Waals surface area contributed by atoms with Crippen LogP contribution >= 0.6 is 0 Å². The largest absolute Gasteiger partial charge is 0.340 e. The standard InChI is InChI=1S/C26H22N8O2/c1-15-21-19(16-8-10-17(11-9-16)26(36)33(2)18-6-4-3-5-7-18)12-20(35)31-24(21)34(32-15)25-22-23(28-13-27-22)29-14-30-25/h3-11,13-14,19H,12H2,1-2H3,(H,31,35)(H,27,28,29,30)/t19-/m1/s1. The van der Waals surface area contributed by atoms with Crippen molar-refractivity contribution in [3.63, 3.8) is 0 Å². The zero-order valence-electron chi connectivity index (χ0n) is 19.6. The number of aryl methyl sites for hydroxylation is 1. The fourth-order valence-corrected chi connectivity index (χ4v) is 4.72. The zero-order chi connectivity index (χ0) is 24.8. The Bertz CT molecular complexity index is 1600. The number of imidazole rings is 1. The molecule has 0 saturated heterocycles. The van der Waals surface area contributed by atoms with Crippen molar-refractivity contribution in [3.8, 4) is 5.82 Å². The zero-order valence-corrected chi connectivity index (χ0v) is 19.6. The molecule has 10 nitrogen and oxygen atoms in total. The van der Waals surface area contributed by atoms with Crippen molar-refractivity contribution in [2.75, 3.05) is 17.3 Å². The Hall–Kier alpha value is -4.86. The van der Waals surface area contributed by atoms with Crippen molar-refractivity contribution in [2.45, 2.75) is 19.3 Å². The first-order chi connectivity index (χ1) is 17.5. The van der Waals surface area contributed by atoms with E-state index >= 15 is 0 Å². The SMILES string of the molecule is Cc1nn(-c2ncnc3nc[nH]c23)c2c1[C@@H](c1ccc(C(=O)N(C)c3ccccc3)cc1)CC(=O)N2. The van der Waals surface area contributed by atoms with E-state index in [1.165, 1.54) is 6.33 Å². The van der Waals surface area contributed by atoms with Crippen molar-refractivity contribution in [1.82, 2.24) is 29.7 Å². The van der Waals surface area contributed by atoms with Gasteiger partial charge in [0, 0.05) is 36.2 Å². The van der Waals surface area contributed by atoms with Crippen LogP contribution in [-0.2, 0) is 4.79 Å². The smallest absolute Gasteiger partial charge is 0.258 e. The molecule has 178 valence electrons. The molecule has 0 unspecified atom stereocenters. The first kappa shape index (κ1) is 21.7. The van der Waals surface area contributed by atoms with Gasteiger partial charge in [0.05, 0.1) is 12.0 Å². The van der Waals surface area contributed by atoms with E-state index < -0.39 is 0 Å². The summed E-state index contributed by atoms with van der Waals surface area (Å²) in [7, 11) is 1.75. The van der Waals surface area contributed by atoms with Crippen LogP contribution < -0.4 is 10.2 Å². The lowest BCUT2D eigenvalue weighted by atomic mass is 9.85. The number of nitrogens with zero attached hydrogens (tertiary/aromatic N) is 6. The lowest BCUT2D eigenvalue weighted by molar-refractivity contribution is -0.116. The molecule has 36 heavy (non-hydrogen) atoms. The molecule has 1 atom stereocenters. The maximum absolute atomic E-state index is 13.0. The van der Waals surface area contributed by atoms with E-state index in [1.54, 1.807) is 23.0 Å². The third-order valence-electron chi connectivity index (χ3n) is 6.51. The van der Waals surface area contributed by atoms with E-state index in [9.17, 15) is 9.59 Å². The van der Waals surface area contributed by atoms with Crippen molar-refractivity contribution >= 4 is 34.5 Å². The van der Waals surface area contributed by atoms with Gasteiger partial charge in [0.2, 0.25) is 5.91 Å². The second-order valence-corrected chi connectivity index (χ2v) is 8.68. The van der Waals surface area contributed by atoms with Gasteiger partial charge in [0.15, 0.2) is 11.5 Å². The molecule has 0 fully saturated rings. The van der Waals surface area contributed by atoms with Crippen molar-refractivity contribution in [1.29, 1.82) is 0 Å². The summed E-state index contributed by atoms with van der Waals surface area (Å²) in [6, 6.07) is 16.9. The molecular weight excluding hydrogens is 456 g/mol. The van der Waals surface area contributed by atoms with E-state index in [2.05, 4.69) is 25.3 Å². The second kappa shape index (κ2) is 8.42. The number of carbonyl (C=O) groups is 2. The molecule has 2 aromatic carbocycles. The van der Waals surface area contributed by atoms with Crippen LogP contribution in [0.4, 0.5) is 11.5 Å². The molecule has 1 aliphatic heterocycles. The Balaban J connectivity index is 1.36. The fourth-order valence-electron chi connectivity index (χ4n) is 4.72. The quantitative estimate of drug-likeness (QED) is 0.407. The molecule has 6 rings (SSSR count). The molecule has 0 aliphatic carbocycles. The highest BCUT2D eigenvalue weighted by Crippen LogP contribution is 2.40. The van der Waals surface area contributed by atoms with E-state index in [4.69, 9.17) is 5.10 Å². The monoisotopic (exact) mass is 478 g/mol. The lowest BCUT2D eigenvalue weighted by Gasteiger charge is -2.24. The maximum Gasteiger partial charge on any atom is 0.258 e. The van der Waals surface area contributed by atoms with Gasteiger partial charge in [0.25, 0.3) is 5.91 Å². The van der Waals surface area contributed by atoms with Gasteiger partial charge in [0.1, 0.15) is 17.7 Å². The summed E-state index contributed by atoms with van der Waals surface area (Å²) in [4.78, 5) is 43.2. The van der Waals surface area contributed by atoms with Crippen LogP contribution in [0.25, 0.3) is 17.0 Å². The van der Waals surface area contributed by atoms with E-state index in [0.717, 1.165) is 22.5 Å². The molecule has 2 amide bonds. The van der Waals surface area contributed by atoms with Gasteiger partial charge in [-0.3, -0.25) is 9.59 Å². The summed E-state index contributed by atoms with van der Waals surface area (Å²) in [6.07, 6.45) is 3.25. The third kappa shape index (κ3) is 3.50. The summed E-state index contributed by atoms with van der Waals surface area (Å²) in [5.74, 6) is 0.649. The Kier molecular flexibility index (Phi) is 5.06. The number of nitrogens with one attached hydrogen (secondary N) is 2. The first-order valence-electron chi connectivity index (χ1n) is 11.5. The summed E-state index contributed by atoms with van der Waals surface area (Å²) < 4.78 is 1.63. The number of aromatic amines is 1. The van der Waals surface area contributed by atoms with Crippen LogP contribution in [0.2, 0.25) is 0 Å². The molecule has 0 saturated carbocycles. The van der Waals surface area contributed by atoms with Gasteiger partial charge in [-0.2, -0.15) is 9.78 Å². The molecule has 0 spiro atoms. The molecule has 3 aromatic heterocycles. The van der Waals surface area contributed by atoms with E-state index in [1.807, 2.05) is 61.5 Å². The number of H-pyrrole nitrogens is 1. The second-order valence-electron chi connectivity index (χ2n) is 8.68. The van der Waals surface area contributed by atoms with Gasteiger partial charge in [-0.25, -0.2) is 15.0 Å². The lowest BCUT2D eigenvalue weighted by Crippen LogP contribution is -2.26. The minimum Gasteiger partial charge on any atom is -0.340 e. The van der Waals surface area contributed by atoms with Crippen LogP contribution in [-0.4, -0.2) is 48.6 Å². The van der Waals surface area contributed by atoms with Crippen molar-refractivity contribution < 1.29 is 9.59 Å². The van der Waals surface area contributed by atoms with Crippen LogP contribution in [0.5, 0.6) is 0 Å². The van der Waals surface area contributed by atoms with Crippen LogP contribution in [0.3, 0.4) is 0 Å². The summed E-state index contributed by atoms with van der Waals surface area (Å²) in [6.45, 7) is 1.91. The highest BCUT2D eigenvalue weighted by atomic mass is 16.2. The van der Waals surface area contributed by atoms with Gasteiger partial charge >= 0.3 is 0 Å². The maximum atomic E-state index is 13.0. The number of amides is 2. The number of hydrogen-bond acceptors (Lipinski definition) is 6. The average Bonchev–Trinajstić information content (AvgIpc) is 3.52. The molecule has 1 aliphatic rings. The molecule has 4 heterocycles. The van der Waals surface area contributed by atoms with Gasteiger partial charge < -0.3 is 15.2 Å². The normalized spacial score (nSPS) is 14.9. The summed E-state index contributed by atoms with van der Waals surface area (Å²) >= 11 is 0. The number of para-hydroxylation sites is 1. The van der Waals surface area contributed by atoms with Gasteiger partial charge in [-0.1, -0.05) is 30.3 Å². The number of fused-ring (bicyclic) bond motifs is 2. The minimum absolute atomic E-state index is 0.105. The van der Waals surface area contributed by atoms with Crippen LogP contribution in [0, 0.1) is 6.92 Å². The Morgan fingerprint density at radius 3 is 2.61 bits per heavy atom. The van der Waals surface area contributed by atoms with Gasteiger partial charge in [-0.05, 0) is 36.8 Å². The highest BCUT2D eigenvalue weighted by Gasteiger charge is 2.33. The number of rotatable bonds is 4. The van der Waals surface area contributed by atoms with Crippen molar-refractivity contribution in [2.24, 2.45) is 0 Å². The third-order valence-corrected chi connectivity index (χ3v) is 6.51. The predicted molar refractivity (Wildman–Crippen MR) is 134 cm³/mol. The number of aromatic nitrogens is 6. The number of benzene rings is 2. The number of anilines is 2. The van der Waals surface area contributed by atoms with Crippen LogP contribution in [0.1, 0.15) is 39.5 Å². The van der Waals surface area contributed by atoms with E-state index in [-0.39, 0.29) is 24.2 Å². The molecule has 10 heteroatoms. The topological polar surface area (TPSA) is 122 Å².